The number of carbonyl (C=O) groups excluding carboxylic acids is 3. The summed E-state index contributed by atoms with van der Waals surface area (Å²) in [4.78, 5) is 34.6. The second kappa shape index (κ2) is 9.39. The first-order valence-electron chi connectivity index (χ1n) is 7.67. The highest BCUT2D eigenvalue weighted by Gasteiger charge is 2.33. The van der Waals surface area contributed by atoms with E-state index in [0.29, 0.717) is 0 Å². The third kappa shape index (κ3) is 6.58. The average molecular weight is 405 g/mol. The minimum Gasteiger partial charge on any atom is -0.451 e. The van der Waals surface area contributed by atoms with Crippen LogP contribution in [0.4, 0.5) is 9.18 Å². The van der Waals surface area contributed by atoms with Crippen molar-refractivity contribution in [2.24, 2.45) is 0 Å². The SMILES string of the molecule is CNC(=O)NC(=O)[C@H](C)OC(=O)[C@@H](NS(=O)(=O)c1ccc(F)cc1)[C@@H](C)O. The molecule has 1 aromatic rings. The van der Waals surface area contributed by atoms with Crippen molar-refractivity contribution in [3.63, 3.8) is 0 Å². The highest BCUT2D eigenvalue weighted by molar-refractivity contribution is 7.89. The zero-order valence-corrected chi connectivity index (χ0v) is 15.5. The Hall–Kier alpha value is -2.57. The van der Waals surface area contributed by atoms with Gasteiger partial charge in [0, 0.05) is 7.05 Å². The minimum absolute atomic E-state index is 0.340. The normalized spacial score (nSPS) is 14.6. The number of esters is 1. The van der Waals surface area contributed by atoms with E-state index >= 15 is 0 Å². The molecule has 0 saturated carbocycles. The molecular formula is C15H20FN3O7S. The van der Waals surface area contributed by atoms with Gasteiger partial charge in [0.2, 0.25) is 10.0 Å². The number of aliphatic hydroxyl groups is 1. The number of hydrogen-bond acceptors (Lipinski definition) is 7. The predicted octanol–water partition coefficient (Wildman–Crippen LogP) is -0.759. The van der Waals surface area contributed by atoms with Gasteiger partial charge in [0.15, 0.2) is 6.10 Å². The van der Waals surface area contributed by atoms with Crippen molar-refractivity contribution in [2.75, 3.05) is 7.05 Å². The molecule has 0 saturated heterocycles. The molecule has 1 aromatic carbocycles. The standard InChI is InChI=1S/C15H20FN3O7S/c1-8(20)12(14(22)26-9(2)13(21)18-15(23)17-3)19-27(24,25)11-6-4-10(16)5-7-11/h4-9,12,19-20H,1-3H3,(H2,17,18,21,23)/t8-,9+,12+/m1/s1. The Labute approximate surface area is 155 Å². The van der Waals surface area contributed by atoms with Crippen molar-refractivity contribution in [1.82, 2.24) is 15.4 Å². The lowest BCUT2D eigenvalue weighted by Gasteiger charge is -2.22. The molecule has 1 rings (SSSR count). The Balaban J connectivity index is 2.88. The number of imide groups is 1. The summed E-state index contributed by atoms with van der Waals surface area (Å²) in [5, 5.41) is 13.7. The second-order valence-electron chi connectivity index (χ2n) is 5.44. The molecule has 0 aliphatic rings. The molecule has 0 unspecified atom stereocenters. The van der Waals surface area contributed by atoms with Crippen LogP contribution >= 0.6 is 0 Å². The van der Waals surface area contributed by atoms with E-state index in [2.05, 4.69) is 5.32 Å². The summed E-state index contributed by atoms with van der Waals surface area (Å²) in [6.07, 6.45) is -2.95. The van der Waals surface area contributed by atoms with Gasteiger partial charge in [0.05, 0.1) is 11.0 Å². The third-order valence-electron chi connectivity index (χ3n) is 3.27. The molecule has 0 fully saturated rings. The van der Waals surface area contributed by atoms with Crippen LogP contribution in [-0.4, -0.2) is 56.7 Å². The van der Waals surface area contributed by atoms with E-state index < -0.39 is 52.0 Å². The molecule has 4 N–H and O–H groups in total. The van der Waals surface area contributed by atoms with Gasteiger partial charge in [0.1, 0.15) is 11.9 Å². The fourth-order valence-corrected chi connectivity index (χ4v) is 3.03. The van der Waals surface area contributed by atoms with E-state index in [9.17, 15) is 32.3 Å². The third-order valence-corrected chi connectivity index (χ3v) is 4.73. The second-order valence-corrected chi connectivity index (χ2v) is 7.15. The lowest BCUT2D eigenvalue weighted by molar-refractivity contribution is -0.158. The van der Waals surface area contributed by atoms with Gasteiger partial charge in [-0.05, 0) is 38.1 Å². The number of halogens is 1. The zero-order chi connectivity index (χ0) is 20.8. The number of aliphatic hydroxyl groups excluding tert-OH is 1. The first-order valence-corrected chi connectivity index (χ1v) is 9.15. The summed E-state index contributed by atoms with van der Waals surface area (Å²) in [7, 11) is -3.02. The molecule has 0 heterocycles. The van der Waals surface area contributed by atoms with Crippen LogP contribution in [0.5, 0.6) is 0 Å². The Kier molecular flexibility index (Phi) is 7.82. The molecule has 0 spiro atoms. The number of nitrogens with one attached hydrogen (secondary N) is 3. The van der Waals surface area contributed by atoms with Gasteiger partial charge in [-0.15, -0.1) is 0 Å². The Morgan fingerprint density at radius 3 is 2.19 bits per heavy atom. The molecule has 0 radical (unpaired) electrons. The molecule has 27 heavy (non-hydrogen) atoms. The van der Waals surface area contributed by atoms with Crippen molar-refractivity contribution in [2.45, 2.75) is 37.0 Å². The van der Waals surface area contributed by atoms with Gasteiger partial charge < -0.3 is 15.2 Å². The van der Waals surface area contributed by atoms with Gasteiger partial charge in [-0.25, -0.2) is 17.6 Å². The van der Waals surface area contributed by atoms with E-state index in [1.165, 1.54) is 7.05 Å². The van der Waals surface area contributed by atoms with Crippen molar-refractivity contribution in [1.29, 1.82) is 0 Å². The molecule has 3 atom stereocenters. The van der Waals surface area contributed by atoms with Gasteiger partial charge in [-0.1, -0.05) is 0 Å². The molecule has 10 nitrogen and oxygen atoms in total. The van der Waals surface area contributed by atoms with Gasteiger partial charge in [0.25, 0.3) is 5.91 Å². The minimum atomic E-state index is -4.29. The van der Waals surface area contributed by atoms with Crippen LogP contribution in [0, 0.1) is 5.82 Å². The summed E-state index contributed by atoms with van der Waals surface area (Å²) in [6.45, 7) is 2.29. The number of rotatable bonds is 7. The molecule has 0 aromatic heterocycles. The number of amides is 3. The maximum atomic E-state index is 12.9. The fourth-order valence-electron chi connectivity index (χ4n) is 1.77. The van der Waals surface area contributed by atoms with Crippen molar-refractivity contribution in [3.8, 4) is 0 Å². The van der Waals surface area contributed by atoms with Crippen LogP contribution in [0.2, 0.25) is 0 Å². The number of urea groups is 1. The van der Waals surface area contributed by atoms with Crippen LogP contribution in [0.3, 0.4) is 0 Å². The van der Waals surface area contributed by atoms with E-state index in [0.717, 1.165) is 38.1 Å². The summed E-state index contributed by atoms with van der Waals surface area (Å²) in [6, 6.07) is 1.20. The average Bonchev–Trinajstić information content (AvgIpc) is 2.59. The highest BCUT2D eigenvalue weighted by atomic mass is 32.2. The molecule has 3 amide bonds. The lowest BCUT2D eigenvalue weighted by atomic mass is 10.2. The Bertz CT molecular complexity index is 796. The van der Waals surface area contributed by atoms with E-state index in [1.54, 1.807) is 0 Å². The molecule has 150 valence electrons. The quantitative estimate of drug-likeness (QED) is 0.435. The number of benzene rings is 1. The van der Waals surface area contributed by atoms with E-state index in [-0.39, 0.29) is 4.90 Å². The lowest BCUT2D eigenvalue weighted by Crippen LogP contribution is -2.51. The van der Waals surface area contributed by atoms with Crippen LogP contribution in [0.1, 0.15) is 13.8 Å². The van der Waals surface area contributed by atoms with E-state index in [1.807, 2.05) is 10.0 Å². The molecule has 0 aliphatic heterocycles. The Morgan fingerprint density at radius 1 is 1.15 bits per heavy atom. The highest BCUT2D eigenvalue weighted by Crippen LogP contribution is 2.12. The maximum Gasteiger partial charge on any atom is 0.327 e. The van der Waals surface area contributed by atoms with Crippen molar-refractivity contribution in [3.05, 3.63) is 30.1 Å². The fraction of sp³-hybridized carbons (Fsp3) is 0.400. The molecule has 0 aliphatic carbocycles. The number of hydrogen-bond donors (Lipinski definition) is 4. The summed E-state index contributed by atoms with van der Waals surface area (Å²) >= 11 is 0. The van der Waals surface area contributed by atoms with Gasteiger partial charge in [-0.2, -0.15) is 4.72 Å². The summed E-state index contributed by atoms with van der Waals surface area (Å²) in [5.41, 5.74) is 0. The van der Waals surface area contributed by atoms with Gasteiger partial charge in [-0.3, -0.25) is 14.9 Å². The maximum absolute atomic E-state index is 12.9. The first-order chi connectivity index (χ1) is 12.5. The van der Waals surface area contributed by atoms with Crippen molar-refractivity contribution < 1.29 is 37.0 Å². The molecular weight excluding hydrogens is 385 g/mol. The van der Waals surface area contributed by atoms with Crippen LogP contribution < -0.4 is 15.4 Å². The smallest absolute Gasteiger partial charge is 0.327 e. The van der Waals surface area contributed by atoms with Crippen molar-refractivity contribution >= 4 is 27.9 Å². The molecule has 0 bridgehead atoms. The predicted molar refractivity (Wildman–Crippen MR) is 90.3 cm³/mol. The monoisotopic (exact) mass is 405 g/mol. The first kappa shape index (κ1) is 22.5. The number of sulfonamides is 1. The zero-order valence-electron chi connectivity index (χ0n) is 14.7. The number of carbonyl (C=O) groups is 3. The molecule has 12 heteroatoms. The largest absolute Gasteiger partial charge is 0.451 e. The Morgan fingerprint density at radius 2 is 1.70 bits per heavy atom. The topological polar surface area (TPSA) is 151 Å². The van der Waals surface area contributed by atoms with E-state index in [4.69, 9.17) is 4.74 Å². The number of ether oxygens (including phenoxy) is 1. The van der Waals surface area contributed by atoms with Gasteiger partial charge >= 0.3 is 12.0 Å². The summed E-state index contributed by atoms with van der Waals surface area (Å²) in [5.74, 6) is -2.85. The van der Waals surface area contributed by atoms with Crippen LogP contribution in [0.25, 0.3) is 0 Å². The van der Waals surface area contributed by atoms with Crippen LogP contribution in [-0.2, 0) is 24.3 Å². The summed E-state index contributed by atoms with van der Waals surface area (Å²) < 4.78 is 44.2. The van der Waals surface area contributed by atoms with Crippen LogP contribution in [0.15, 0.2) is 29.2 Å².